The second-order valence-electron chi connectivity index (χ2n) is 6.66. The van der Waals surface area contributed by atoms with Crippen LogP contribution in [0.15, 0.2) is 72.3 Å². The van der Waals surface area contributed by atoms with Gasteiger partial charge in [0.05, 0.1) is 12.3 Å². The third-order valence-electron chi connectivity index (χ3n) is 4.37. The first-order chi connectivity index (χ1) is 15.5. The van der Waals surface area contributed by atoms with Crippen LogP contribution in [0.1, 0.15) is 18.1 Å². The molecule has 0 aliphatic carbocycles. The van der Waals surface area contributed by atoms with Gasteiger partial charge in [0.1, 0.15) is 24.1 Å². The molecule has 0 saturated carbocycles. The summed E-state index contributed by atoms with van der Waals surface area (Å²) in [6, 6.07) is 20.8. The number of hydrogen-bond acceptors (Lipinski definition) is 4. The van der Waals surface area contributed by atoms with Crippen LogP contribution in [0, 0.1) is 20.7 Å². The summed E-state index contributed by atoms with van der Waals surface area (Å²) in [7, 11) is 0. The first-order valence-electron chi connectivity index (χ1n) is 9.82. The van der Waals surface area contributed by atoms with Gasteiger partial charge >= 0.3 is 0 Å². The molecule has 3 aromatic rings. The number of nitrogens with one attached hydrogen (secondary N) is 1. The number of carbonyl (C=O) groups is 1. The monoisotopic (exact) mass is 542 g/mol. The predicted molar refractivity (Wildman–Crippen MR) is 130 cm³/mol. The van der Waals surface area contributed by atoms with Crippen molar-refractivity contribution in [1.82, 2.24) is 0 Å². The van der Waals surface area contributed by atoms with E-state index in [9.17, 15) is 14.4 Å². The number of benzene rings is 3. The van der Waals surface area contributed by atoms with E-state index in [1.165, 1.54) is 24.3 Å². The van der Waals surface area contributed by atoms with Gasteiger partial charge in [-0.2, -0.15) is 5.26 Å². The lowest BCUT2D eigenvalue weighted by Gasteiger charge is -2.13. The fourth-order valence-electron chi connectivity index (χ4n) is 2.81. The van der Waals surface area contributed by atoms with Gasteiger partial charge in [-0.3, -0.25) is 4.79 Å². The molecule has 1 amide bonds. The molecule has 0 unspecified atom stereocenters. The van der Waals surface area contributed by atoms with Crippen molar-refractivity contribution in [3.63, 3.8) is 0 Å². The number of rotatable bonds is 8. The average molecular weight is 542 g/mol. The van der Waals surface area contributed by atoms with Gasteiger partial charge in [-0.15, -0.1) is 0 Å². The minimum Gasteiger partial charge on any atom is -0.490 e. The maximum atomic E-state index is 13.8. The van der Waals surface area contributed by atoms with Gasteiger partial charge in [0, 0.05) is 3.57 Å². The topological polar surface area (TPSA) is 71.3 Å². The summed E-state index contributed by atoms with van der Waals surface area (Å²) in [4.78, 5) is 12.4. The molecular formula is C25H20FIN2O3. The number of anilines is 1. The number of carbonyl (C=O) groups excluding carboxylic acids is 1. The fourth-order valence-corrected chi connectivity index (χ4v) is 3.17. The Balaban J connectivity index is 1.78. The fraction of sp³-hybridized carbons (Fsp3) is 0.120. The Labute approximate surface area is 199 Å². The molecular weight excluding hydrogens is 522 g/mol. The molecule has 0 bridgehead atoms. The normalized spacial score (nSPS) is 10.9. The van der Waals surface area contributed by atoms with Crippen molar-refractivity contribution in [2.45, 2.75) is 13.5 Å². The SMILES string of the molecule is CCOc1cc(/C=C(/C#N)C(=O)Nc2ccccc2F)ccc1OCc1ccc(I)cc1. The number of nitriles is 1. The van der Waals surface area contributed by atoms with Crippen LogP contribution in [0.3, 0.4) is 0 Å². The zero-order valence-corrected chi connectivity index (χ0v) is 19.4. The smallest absolute Gasteiger partial charge is 0.266 e. The number of halogens is 2. The lowest BCUT2D eigenvalue weighted by Crippen LogP contribution is -2.14. The zero-order valence-electron chi connectivity index (χ0n) is 17.3. The third kappa shape index (κ3) is 6.31. The van der Waals surface area contributed by atoms with Gasteiger partial charge in [-0.1, -0.05) is 30.3 Å². The first kappa shape index (κ1) is 23.3. The van der Waals surface area contributed by atoms with E-state index in [1.54, 1.807) is 24.3 Å². The first-order valence-corrected chi connectivity index (χ1v) is 10.9. The molecule has 5 nitrogen and oxygen atoms in total. The number of hydrogen-bond donors (Lipinski definition) is 1. The lowest BCUT2D eigenvalue weighted by atomic mass is 10.1. The van der Waals surface area contributed by atoms with Gasteiger partial charge in [0.25, 0.3) is 5.91 Å². The largest absolute Gasteiger partial charge is 0.490 e. The summed E-state index contributed by atoms with van der Waals surface area (Å²) in [6.07, 6.45) is 1.42. The van der Waals surface area contributed by atoms with Crippen molar-refractivity contribution in [2.24, 2.45) is 0 Å². The third-order valence-corrected chi connectivity index (χ3v) is 5.09. The maximum absolute atomic E-state index is 13.8. The molecule has 0 radical (unpaired) electrons. The van der Waals surface area contributed by atoms with Crippen molar-refractivity contribution < 1.29 is 18.7 Å². The van der Waals surface area contributed by atoms with Crippen LogP contribution in [0.5, 0.6) is 11.5 Å². The average Bonchev–Trinajstić information content (AvgIpc) is 2.79. The standard InChI is InChI=1S/C25H20FIN2O3/c1-2-31-24-14-18(9-12-23(24)32-16-17-7-10-20(27)11-8-17)13-19(15-28)25(30)29-22-6-4-3-5-21(22)26/h3-14H,2,16H2,1H3,(H,29,30)/b19-13-. The second-order valence-corrected chi connectivity index (χ2v) is 7.90. The van der Waals surface area contributed by atoms with Crippen LogP contribution in [-0.2, 0) is 11.4 Å². The minimum absolute atomic E-state index is 0.00741. The highest BCUT2D eigenvalue weighted by Gasteiger charge is 2.13. The van der Waals surface area contributed by atoms with E-state index in [0.717, 1.165) is 9.13 Å². The van der Waals surface area contributed by atoms with Gasteiger partial charge in [0.2, 0.25) is 0 Å². The summed E-state index contributed by atoms with van der Waals surface area (Å²) in [5.74, 6) is -0.226. The molecule has 32 heavy (non-hydrogen) atoms. The molecule has 162 valence electrons. The van der Waals surface area contributed by atoms with E-state index in [4.69, 9.17) is 9.47 Å². The van der Waals surface area contributed by atoms with Crippen molar-refractivity contribution >= 4 is 40.3 Å². The second kappa shape index (κ2) is 11.3. The van der Waals surface area contributed by atoms with E-state index in [0.29, 0.717) is 30.3 Å². The van der Waals surface area contributed by atoms with Crippen LogP contribution >= 0.6 is 22.6 Å². The predicted octanol–water partition coefficient (Wildman–Crippen LogP) is 5.95. The molecule has 0 atom stereocenters. The minimum atomic E-state index is -0.699. The molecule has 0 saturated heterocycles. The molecule has 0 heterocycles. The highest BCUT2D eigenvalue weighted by atomic mass is 127. The summed E-state index contributed by atoms with van der Waals surface area (Å²) < 4.78 is 26.5. The Morgan fingerprint density at radius 1 is 1.09 bits per heavy atom. The maximum Gasteiger partial charge on any atom is 0.266 e. The van der Waals surface area contributed by atoms with Crippen molar-refractivity contribution in [1.29, 1.82) is 5.26 Å². The number of para-hydroxylation sites is 1. The van der Waals surface area contributed by atoms with E-state index in [-0.39, 0.29) is 11.3 Å². The Kier molecular flexibility index (Phi) is 8.22. The number of amides is 1. The van der Waals surface area contributed by atoms with Crippen molar-refractivity contribution in [3.8, 4) is 17.6 Å². The molecule has 3 aromatic carbocycles. The Morgan fingerprint density at radius 2 is 1.84 bits per heavy atom. The number of nitrogens with zero attached hydrogens (tertiary/aromatic N) is 1. The Morgan fingerprint density at radius 3 is 2.53 bits per heavy atom. The highest BCUT2D eigenvalue weighted by Crippen LogP contribution is 2.30. The van der Waals surface area contributed by atoms with E-state index in [1.807, 2.05) is 37.3 Å². The summed E-state index contributed by atoms with van der Waals surface area (Å²) in [5, 5.41) is 11.8. The van der Waals surface area contributed by atoms with Crippen LogP contribution in [0.25, 0.3) is 6.08 Å². The van der Waals surface area contributed by atoms with Gasteiger partial charge in [-0.05, 0) is 83.1 Å². The molecule has 3 rings (SSSR count). The quantitative estimate of drug-likeness (QED) is 0.217. The molecule has 0 spiro atoms. The lowest BCUT2D eigenvalue weighted by molar-refractivity contribution is -0.112. The van der Waals surface area contributed by atoms with Gasteiger partial charge < -0.3 is 14.8 Å². The molecule has 0 aliphatic rings. The van der Waals surface area contributed by atoms with Crippen LogP contribution in [0.4, 0.5) is 10.1 Å². The summed E-state index contributed by atoms with van der Waals surface area (Å²) >= 11 is 2.24. The Bertz CT molecular complexity index is 1170. The van der Waals surface area contributed by atoms with Gasteiger partial charge in [-0.25, -0.2) is 4.39 Å². The van der Waals surface area contributed by atoms with Gasteiger partial charge in [0.15, 0.2) is 11.5 Å². The molecule has 0 aliphatic heterocycles. The van der Waals surface area contributed by atoms with E-state index in [2.05, 4.69) is 27.9 Å². The van der Waals surface area contributed by atoms with E-state index < -0.39 is 11.7 Å². The summed E-state index contributed by atoms with van der Waals surface area (Å²) in [6.45, 7) is 2.65. The molecule has 1 N–H and O–H groups in total. The van der Waals surface area contributed by atoms with E-state index >= 15 is 0 Å². The molecule has 0 fully saturated rings. The van der Waals surface area contributed by atoms with Crippen LogP contribution in [0.2, 0.25) is 0 Å². The zero-order chi connectivity index (χ0) is 22.9. The number of ether oxygens (including phenoxy) is 2. The van der Waals surface area contributed by atoms with Crippen LogP contribution in [-0.4, -0.2) is 12.5 Å². The van der Waals surface area contributed by atoms with Crippen molar-refractivity contribution in [3.05, 3.63) is 92.8 Å². The van der Waals surface area contributed by atoms with Crippen molar-refractivity contribution in [2.75, 3.05) is 11.9 Å². The van der Waals surface area contributed by atoms with Crippen LogP contribution < -0.4 is 14.8 Å². The Hall–Kier alpha value is -3.38. The molecule has 0 aromatic heterocycles. The highest BCUT2D eigenvalue weighted by molar-refractivity contribution is 14.1. The molecule has 7 heteroatoms. The summed E-state index contributed by atoms with van der Waals surface area (Å²) in [5.41, 5.74) is 1.44.